The molecule has 1 fully saturated rings. The smallest absolute Gasteiger partial charge is 0.407 e. The molecule has 1 saturated heterocycles. The van der Waals surface area contributed by atoms with Crippen molar-refractivity contribution in [1.29, 1.82) is 0 Å². The Morgan fingerprint density at radius 1 is 0.919 bits per heavy atom. The predicted molar refractivity (Wildman–Crippen MR) is 148 cm³/mol. The molecule has 196 valence electrons. The molecular formula is C30H37NO5Si. The first-order valence-corrected chi connectivity index (χ1v) is 14.7. The molecule has 7 heteroatoms. The highest BCUT2D eigenvalue weighted by atomic mass is 28.4. The molecule has 0 aliphatic carbocycles. The number of carbonyl (C=O) groups is 1. The first-order valence-electron chi connectivity index (χ1n) is 12.8. The Morgan fingerprint density at radius 2 is 1.41 bits per heavy atom. The van der Waals surface area contributed by atoms with Crippen molar-refractivity contribution in [3.05, 3.63) is 96.1 Å². The maximum absolute atomic E-state index is 11.5. The number of hydrogen-bond donors (Lipinski definition) is 3. The topological polar surface area (TPSA) is 90.2 Å². The molecule has 1 unspecified atom stereocenters. The normalized spacial score (nSPS) is 16.8. The number of benzene rings is 3. The van der Waals surface area contributed by atoms with Gasteiger partial charge in [-0.2, -0.15) is 0 Å². The van der Waals surface area contributed by atoms with E-state index in [2.05, 4.69) is 45.0 Å². The van der Waals surface area contributed by atoms with E-state index in [-0.39, 0.29) is 37.6 Å². The van der Waals surface area contributed by atoms with E-state index < -0.39 is 26.1 Å². The molecular weight excluding hydrogens is 482 g/mol. The van der Waals surface area contributed by atoms with Gasteiger partial charge in [0.15, 0.2) is 0 Å². The third kappa shape index (κ3) is 5.36. The predicted octanol–water partition coefficient (Wildman–Crippen LogP) is 4.26. The molecule has 0 radical (unpaired) electrons. The Labute approximate surface area is 220 Å². The van der Waals surface area contributed by atoms with Crippen LogP contribution < -0.4 is 10.4 Å². The molecule has 4 rings (SSSR count). The third-order valence-corrected chi connectivity index (χ3v) is 12.6. The van der Waals surface area contributed by atoms with Gasteiger partial charge in [-0.25, -0.2) is 4.79 Å². The van der Waals surface area contributed by atoms with Gasteiger partial charge in [-0.3, -0.25) is 0 Å². The zero-order valence-corrected chi connectivity index (χ0v) is 22.8. The first kappa shape index (κ1) is 27.1. The summed E-state index contributed by atoms with van der Waals surface area (Å²) in [6.45, 7) is 7.14. The van der Waals surface area contributed by atoms with E-state index >= 15 is 0 Å². The Morgan fingerprint density at radius 3 is 1.89 bits per heavy atom. The summed E-state index contributed by atoms with van der Waals surface area (Å²) in [5.41, 5.74) is 0.0475. The van der Waals surface area contributed by atoms with Gasteiger partial charge in [-0.05, 0) is 39.4 Å². The van der Waals surface area contributed by atoms with Gasteiger partial charge in [-0.1, -0.05) is 106 Å². The van der Waals surface area contributed by atoms with E-state index in [1.807, 2.05) is 60.7 Å². The fourth-order valence-electron chi connectivity index (χ4n) is 5.60. The van der Waals surface area contributed by atoms with Crippen LogP contribution in [0.25, 0.3) is 0 Å². The van der Waals surface area contributed by atoms with Gasteiger partial charge in [0.25, 0.3) is 8.32 Å². The van der Waals surface area contributed by atoms with Crippen molar-refractivity contribution in [2.75, 3.05) is 19.7 Å². The van der Waals surface area contributed by atoms with Crippen molar-refractivity contribution >= 4 is 24.8 Å². The van der Waals surface area contributed by atoms with Gasteiger partial charge < -0.3 is 24.6 Å². The quantitative estimate of drug-likeness (QED) is 0.406. The van der Waals surface area contributed by atoms with Gasteiger partial charge in [0, 0.05) is 13.1 Å². The van der Waals surface area contributed by atoms with Crippen LogP contribution in [0.4, 0.5) is 4.79 Å². The highest BCUT2D eigenvalue weighted by Gasteiger charge is 2.50. The second kappa shape index (κ2) is 10.8. The molecule has 1 aliphatic heterocycles. The first-order chi connectivity index (χ1) is 17.6. The lowest BCUT2D eigenvalue weighted by Gasteiger charge is -2.43. The summed E-state index contributed by atoms with van der Waals surface area (Å²) < 4.78 is 6.93. The summed E-state index contributed by atoms with van der Waals surface area (Å²) in [6, 6.07) is 27.9. The van der Waals surface area contributed by atoms with Crippen LogP contribution in [-0.4, -0.2) is 54.3 Å². The zero-order valence-electron chi connectivity index (χ0n) is 21.8. The number of aliphatic hydroxyl groups is 2. The van der Waals surface area contributed by atoms with Crippen LogP contribution >= 0.6 is 0 Å². The second-order valence-corrected chi connectivity index (χ2v) is 15.2. The maximum atomic E-state index is 11.5. The Balaban J connectivity index is 1.67. The van der Waals surface area contributed by atoms with Crippen LogP contribution in [-0.2, 0) is 10.0 Å². The molecule has 37 heavy (non-hydrogen) atoms. The average molecular weight is 520 g/mol. The van der Waals surface area contributed by atoms with Gasteiger partial charge in [0.1, 0.15) is 6.10 Å². The molecule has 1 amide bonds. The third-order valence-electron chi connectivity index (χ3n) is 7.56. The van der Waals surface area contributed by atoms with Crippen LogP contribution in [0, 0.1) is 0 Å². The standard InChI is InChI=1S/C30H37NO5Si/c1-29(2,3)37(23-12-6-4-7-13-23,24-14-8-5-9-15-24)36-22-27(32)25-16-10-11-17-26(25)30(35)18-20-31(21-19-30)28(33)34/h4-17,27,32,35H,18-22H2,1-3H3,(H,33,34). The highest BCUT2D eigenvalue weighted by molar-refractivity contribution is 6.99. The second-order valence-electron chi connectivity index (χ2n) is 10.9. The van der Waals surface area contributed by atoms with Crippen LogP contribution in [0.5, 0.6) is 0 Å². The molecule has 1 aliphatic rings. The number of rotatable bonds is 7. The number of amides is 1. The molecule has 3 aromatic rings. The van der Waals surface area contributed by atoms with Gasteiger partial charge in [0.05, 0.1) is 12.2 Å². The SMILES string of the molecule is CC(C)(C)[Si](OCC(O)c1ccccc1C1(O)CCN(C(=O)O)CC1)(c1ccccc1)c1ccccc1. The van der Waals surface area contributed by atoms with E-state index in [0.29, 0.717) is 11.1 Å². The number of hydrogen-bond acceptors (Lipinski definition) is 4. The molecule has 0 spiro atoms. The lowest BCUT2D eigenvalue weighted by atomic mass is 9.81. The van der Waals surface area contributed by atoms with Gasteiger partial charge in [-0.15, -0.1) is 0 Å². The molecule has 3 aromatic carbocycles. The number of piperidine rings is 1. The van der Waals surface area contributed by atoms with Gasteiger partial charge in [0.2, 0.25) is 0 Å². The fourth-order valence-corrected chi connectivity index (χ4v) is 10.2. The van der Waals surface area contributed by atoms with E-state index in [1.54, 1.807) is 0 Å². The van der Waals surface area contributed by atoms with E-state index in [0.717, 1.165) is 10.4 Å². The van der Waals surface area contributed by atoms with Crippen molar-refractivity contribution in [3.63, 3.8) is 0 Å². The number of carboxylic acid groups (broad SMARTS) is 1. The van der Waals surface area contributed by atoms with Gasteiger partial charge >= 0.3 is 6.09 Å². The Bertz CT molecular complexity index is 1150. The van der Waals surface area contributed by atoms with Crippen LogP contribution in [0.3, 0.4) is 0 Å². The summed E-state index contributed by atoms with van der Waals surface area (Å²) in [6.07, 6.45) is -1.38. The molecule has 1 heterocycles. The molecule has 6 nitrogen and oxygen atoms in total. The summed E-state index contributed by atoms with van der Waals surface area (Å²) in [4.78, 5) is 12.7. The minimum Gasteiger partial charge on any atom is -0.465 e. The molecule has 0 saturated carbocycles. The summed E-state index contributed by atoms with van der Waals surface area (Å²) in [7, 11) is -2.84. The van der Waals surface area contributed by atoms with Crippen molar-refractivity contribution in [2.45, 2.75) is 50.4 Å². The number of aliphatic hydroxyl groups excluding tert-OH is 1. The van der Waals surface area contributed by atoms with Crippen molar-refractivity contribution in [3.8, 4) is 0 Å². The van der Waals surface area contributed by atoms with Crippen molar-refractivity contribution in [2.24, 2.45) is 0 Å². The Kier molecular flexibility index (Phi) is 7.90. The van der Waals surface area contributed by atoms with E-state index in [9.17, 15) is 20.1 Å². The molecule has 3 N–H and O–H groups in total. The Hall–Kier alpha value is -2.97. The van der Waals surface area contributed by atoms with Crippen molar-refractivity contribution in [1.82, 2.24) is 4.90 Å². The zero-order chi connectivity index (χ0) is 26.7. The monoisotopic (exact) mass is 519 g/mol. The molecule has 1 atom stereocenters. The minimum absolute atomic E-state index is 0.0711. The van der Waals surface area contributed by atoms with E-state index in [4.69, 9.17) is 4.43 Å². The van der Waals surface area contributed by atoms with Crippen molar-refractivity contribution < 1.29 is 24.5 Å². The molecule has 0 aromatic heterocycles. The maximum Gasteiger partial charge on any atom is 0.407 e. The van der Waals surface area contributed by atoms with Crippen LogP contribution in [0.15, 0.2) is 84.9 Å². The lowest BCUT2D eigenvalue weighted by Crippen LogP contribution is -2.66. The van der Waals surface area contributed by atoms with Crippen LogP contribution in [0.2, 0.25) is 5.04 Å². The average Bonchev–Trinajstić information content (AvgIpc) is 2.89. The van der Waals surface area contributed by atoms with E-state index in [1.165, 1.54) is 4.90 Å². The fraction of sp³-hybridized carbons (Fsp3) is 0.367. The minimum atomic E-state index is -2.84. The molecule has 0 bridgehead atoms. The van der Waals surface area contributed by atoms with Crippen LogP contribution in [0.1, 0.15) is 50.8 Å². The number of likely N-dealkylation sites (tertiary alicyclic amines) is 1. The number of nitrogens with zero attached hydrogens (tertiary/aromatic N) is 1. The summed E-state index contributed by atoms with van der Waals surface area (Å²) in [5.74, 6) is 0. The summed E-state index contributed by atoms with van der Waals surface area (Å²) >= 11 is 0. The largest absolute Gasteiger partial charge is 0.465 e. The summed E-state index contributed by atoms with van der Waals surface area (Å²) in [5, 5.41) is 34.4. The highest BCUT2D eigenvalue weighted by Crippen LogP contribution is 2.39. The lowest BCUT2D eigenvalue weighted by molar-refractivity contribution is -0.0243.